The van der Waals surface area contributed by atoms with Crippen LogP contribution in [0.5, 0.6) is 0 Å². The first-order chi connectivity index (χ1) is 9.92. The quantitative estimate of drug-likeness (QED) is 0.892. The van der Waals surface area contributed by atoms with Crippen molar-refractivity contribution >= 4 is 11.7 Å². The fourth-order valence-corrected chi connectivity index (χ4v) is 3.39. The Hall–Kier alpha value is -1.55. The molecule has 4 heteroatoms. The van der Waals surface area contributed by atoms with E-state index in [-0.39, 0.29) is 6.03 Å². The van der Waals surface area contributed by atoms with E-state index in [1.165, 1.54) is 17.5 Å². The minimum atomic E-state index is -0.0261. The summed E-state index contributed by atoms with van der Waals surface area (Å²) in [6.45, 7) is 8.50. The van der Waals surface area contributed by atoms with Crippen LogP contribution in [0.1, 0.15) is 44.4 Å². The molecule has 1 saturated carbocycles. The Bertz CT molecular complexity index is 567. The Labute approximate surface area is 126 Å². The highest BCUT2D eigenvalue weighted by Gasteiger charge is 2.50. The van der Waals surface area contributed by atoms with Crippen LogP contribution in [0.4, 0.5) is 10.5 Å². The maximum absolute atomic E-state index is 11.7. The van der Waals surface area contributed by atoms with Gasteiger partial charge in [0, 0.05) is 25.3 Å². The second-order valence-corrected chi connectivity index (χ2v) is 7.04. The second kappa shape index (κ2) is 5.02. The predicted octanol–water partition coefficient (Wildman–Crippen LogP) is 3.36. The molecule has 1 aromatic carbocycles. The fraction of sp³-hybridized carbons (Fsp3) is 0.588. The summed E-state index contributed by atoms with van der Waals surface area (Å²) in [5.74, 6) is 0.700. The third kappa shape index (κ3) is 2.64. The number of carbonyl (C=O) groups is 1. The van der Waals surface area contributed by atoms with Crippen LogP contribution in [-0.4, -0.2) is 24.5 Å². The van der Waals surface area contributed by atoms with Crippen molar-refractivity contribution in [2.75, 3.05) is 18.9 Å². The lowest BCUT2D eigenvalue weighted by molar-refractivity contribution is 0.218. The number of nitrogens with zero attached hydrogens (tertiary/aromatic N) is 1. The minimum Gasteiger partial charge on any atom is -0.323 e. The molecule has 2 unspecified atom stereocenters. The molecule has 1 aliphatic carbocycles. The first-order valence-electron chi connectivity index (χ1n) is 7.80. The van der Waals surface area contributed by atoms with Gasteiger partial charge >= 0.3 is 6.03 Å². The molecule has 0 spiro atoms. The maximum atomic E-state index is 11.7. The highest BCUT2D eigenvalue weighted by atomic mass is 16.2. The Morgan fingerprint density at radius 2 is 2.19 bits per heavy atom. The van der Waals surface area contributed by atoms with E-state index >= 15 is 0 Å². The zero-order valence-corrected chi connectivity index (χ0v) is 13.4. The van der Waals surface area contributed by atoms with E-state index in [1.54, 1.807) is 4.90 Å². The summed E-state index contributed by atoms with van der Waals surface area (Å²) in [6.07, 6.45) is 1.28. The zero-order chi connectivity index (χ0) is 15.2. The summed E-state index contributed by atoms with van der Waals surface area (Å²) in [5.41, 5.74) is 3.94. The number of urea groups is 1. The molecule has 1 heterocycles. The molecule has 0 bridgehead atoms. The molecule has 2 amide bonds. The third-order valence-corrected chi connectivity index (χ3v) is 4.90. The molecular formula is C17H25N3O. The molecule has 114 valence electrons. The molecule has 0 radical (unpaired) electrons. The van der Waals surface area contributed by atoms with E-state index < -0.39 is 0 Å². The van der Waals surface area contributed by atoms with Crippen LogP contribution in [-0.2, 0) is 6.54 Å². The molecule has 2 N–H and O–H groups in total. The van der Waals surface area contributed by atoms with Crippen LogP contribution in [0.25, 0.3) is 0 Å². The molecule has 0 aromatic heterocycles. The van der Waals surface area contributed by atoms with Crippen molar-refractivity contribution in [2.45, 2.75) is 39.8 Å². The van der Waals surface area contributed by atoms with E-state index in [0.29, 0.717) is 23.9 Å². The molecule has 1 aromatic rings. The number of benzene rings is 1. The van der Waals surface area contributed by atoms with Crippen LogP contribution < -0.4 is 10.6 Å². The first-order valence-corrected chi connectivity index (χ1v) is 7.80. The molecule has 1 aliphatic heterocycles. The summed E-state index contributed by atoms with van der Waals surface area (Å²) in [6, 6.07) is 6.86. The largest absolute Gasteiger partial charge is 0.323 e. The average molecular weight is 287 g/mol. The van der Waals surface area contributed by atoms with Gasteiger partial charge in [-0.25, -0.2) is 4.79 Å². The summed E-state index contributed by atoms with van der Waals surface area (Å²) < 4.78 is 0. The Balaban J connectivity index is 1.88. The lowest BCUT2D eigenvalue weighted by atomic mass is 9.94. The molecule has 4 nitrogen and oxygen atoms in total. The summed E-state index contributed by atoms with van der Waals surface area (Å²) in [4.78, 5) is 13.4. The fourth-order valence-electron chi connectivity index (χ4n) is 3.39. The van der Waals surface area contributed by atoms with Gasteiger partial charge in [0.15, 0.2) is 0 Å². The van der Waals surface area contributed by atoms with E-state index in [2.05, 4.69) is 49.6 Å². The lowest BCUT2D eigenvalue weighted by Crippen LogP contribution is -2.35. The van der Waals surface area contributed by atoms with Gasteiger partial charge in [-0.15, -0.1) is 0 Å². The van der Waals surface area contributed by atoms with Gasteiger partial charge < -0.3 is 15.5 Å². The molecule has 0 saturated heterocycles. The van der Waals surface area contributed by atoms with Crippen molar-refractivity contribution in [3.63, 3.8) is 0 Å². The third-order valence-electron chi connectivity index (χ3n) is 4.90. The van der Waals surface area contributed by atoms with Crippen molar-refractivity contribution in [2.24, 2.45) is 11.3 Å². The monoisotopic (exact) mass is 287 g/mol. The van der Waals surface area contributed by atoms with Gasteiger partial charge in [0.1, 0.15) is 0 Å². The molecule has 2 atom stereocenters. The Morgan fingerprint density at radius 3 is 2.81 bits per heavy atom. The molecule has 3 rings (SSSR count). The first kappa shape index (κ1) is 14.4. The van der Waals surface area contributed by atoms with Gasteiger partial charge in [0.2, 0.25) is 0 Å². The summed E-state index contributed by atoms with van der Waals surface area (Å²) in [5, 5.41) is 6.58. The molecular weight excluding hydrogens is 262 g/mol. The number of anilines is 1. The van der Waals surface area contributed by atoms with Gasteiger partial charge in [-0.05, 0) is 41.5 Å². The standard InChI is InChI=1S/C17H25N3O/c1-5-18-15(13-9-17(13,2)3)11-6-7-14-12(8-11)10-20(4)16(21)19-14/h6-8,13,15,18H,5,9-10H2,1-4H3,(H,19,21). The number of hydrogen-bond donors (Lipinski definition) is 2. The smallest absolute Gasteiger partial charge is 0.321 e. The van der Waals surface area contributed by atoms with Crippen LogP contribution in [0.3, 0.4) is 0 Å². The van der Waals surface area contributed by atoms with E-state index in [9.17, 15) is 4.79 Å². The summed E-state index contributed by atoms with van der Waals surface area (Å²) in [7, 11) is 1.83. The van der Waals surface area contributed by atoms with Crippen molar-refractivity contribution < 1.29 is 4.79 Å². The molecule has 2 aliphatic rings. The molecule has 1 fully saturated rings. The summed E-state index contributed by atoms with van der Waals surface area (Å²) >= 11 is 0. The number of carbonyl (C=O) groups excluding carboxylic acids is 1. The number of hydrogen-bond acceptors (Lipinski definition) is 2. The number of fused-ring (bicyclic) bond motifs is 1. The number of amides is 2. The van der Waals surface area contributed by atoms with Gasteiger partial charge in [0.25, 0.3) is 0 Å². The van der Waals surface area contributed by atoms with Gasteiger partial charge in [0.05, 0.1) is 0 Å². The second-order valence-electron chi connectivity index (χ2n) is 7.04. The minimum absolute atomic E-state index is 0.0261. The van der Waals surface area contributed by atoms with E-state index in [0.717, 1.165) is 12.2 Å². The maximum Gasteiger partial charge on any atom is 0.321 e. The highest BCUT2D eigenvalue weighted by molar-refractivity contribution is 5.92. The highest BCUT2D eigenvalue weighted by Crippen LogP contribution is 2.57. The lowest BCUT2D eigenvalue weighted by Gasteiger charge is -2.28. The van der Waals surface area contributed by atoms with Crippen molar-refractivity contribution in [3.05, 3.63) is 29.3 Å². The average Bonchev–Trinajstić information content (AvgIpc) is 3.05. The van der Waals surface area contributed by atoms with Crippen LogP contribution >= 0.6 is 0 Å². The van der Waals surface area contributed by atoms with Gasteiger partial charge in [-0.2, -0.15) is 0 Å². The van der Waals surface area contributed by atoms with Crippen LogP contribution in [0.15, 0.2) is 18.2 Å². The van der Waals surface area contributed by atoms with E-state index in [4.69, 9.17) is 0 Å². The van der Waals surface area contributed by atoms with Gasteiger partial charge in [-0.1, -0.05) is 32.9 Å². The number of rotatable bonds is 4. The normalized spacial score (nSPS) is 24.3. The predicted molar refractivity (Wildman–Crippen MR) is 85.2 cm³/mol. The van der Waals surface area contributed by atoms with Crippen molar-refractivity contribution in [1.82, 2.24) is 10.2 Å². The zero-order valence-electron chi connectivity index (χ0n) is 13.4. The molecule has 21 heavy (non-hydrogen) atoms. The van der Waals surface area contributed by atoms with Crippen LogP contribution in [0.2, 0.25) is 0 Å². The SMILES string of the molecule is CCNC(c1ccc2c(c1)CN(C)C(=O)N2)C1CC1(C)C. The van der Waals surface area contributed by atoms with Crippen molar-refractivity contribution in [3.8, 4) is 0 Å². The van der Waals surface area contributed by atoms with Crippen molar-refractivity contribution in [1.29, 1.82) is 0 Å². The number of nitrogens with one attached hydrogen (secondary N) is 2. The topological polar surface area (TPSA) is 44.4 Å². The van der Waals surface area contributed by atoms with Gasteiger partial charge in [-0.3, -0.25) is 0 Å². The van der Waals surface area contributed by atoms with E-state index in [1.807, 2.05) is 7.05 Å². The van der Waals surface area contributed by atoms with Crippen LogP contribution in [0, 0.1) is 11.3 Å². The Morgan fingerprint density at radius 1 is 1.48 bits per heavy atom. The Kier molecular flexibility index (Phi) is 3.44.